The lowest BCUT2D eigenvalue weighted by Crippen LogP contribution is -2.40. The van der Waals surface area contributed by atoms with Gasteiger partial charge in [0.2, 0.25) is 0 Å². The molecule has 2 unspecified atom stereocenters. The summed E-state index contributed by atoms with van der Waals surface area (Å²) in [6.07, 6.45) is 3.02. The molecule has 1 fully saturated rings. The average molecular weight is 243 g/mol. The maximum Gasteiger partial charge on any atom is 0.125 e. The Morgan fingerprint density at radius 3 is 2.59 bits per heavy atom. The first-order chi connectivity index (χ1) is 8.06. The van der Waals surface area contributed by atoms with Gasteiger partial charge in [-0.3, -0.25) is 4.90 Å². The summed E-state index contributed by atoms with van der Waals surface area (Å²) in [5.74, 6) is -0.123. The highest BCUT2D eigenvalue weighted by Gasteiger charge is 2.26. The van der Waals surface area contributed by atoms with Crippen molar-refractivity contribution >= 4 is 0 Å². The minimum atomic E-state index is -1.18. The zero-order valence-electron chi connectivity index (χ0n) is 10.1. The van der Waals surface area contributed by atoms with Crippen molar-refractivity contribution in [2.24, 2.45) is 5.92 Å². The second-order valence-electron chi connectivity index (χ2n) is 4.92. The average Bonchev–Trinajstić information content (AvgIpc) is 2.28. The van der Waals surface area contributed by atoms with Crippen LogP contribution in [0.1, 0.15) is 26.2 Å². The second kappa shape index (κ2) is 5.27. The fourth-order valence-electron chi connectivity index (χ4n) is 2.60. The van der Waals surface area contributed by atoms with Crippen LogP contribution in [0.25, 0.3) is 0 Å². The van der Waals surface area contributed by atoms with Crippen LogP contribution in [0, 0.1) is 5.92 Å². The zero-order valence-corrected chi connectivity index (χ0v) is 10.1. The zero-order chi connectivity index (χ0) is 12.4. The van der Waals surface area contributed by atoms with Crippen molar-refractivity contribution in [3.05, 3.63) is 23.6 Å². The largest absolute Gasteiger partial charge is 0.379 e. The van der Waals surface area contributed by atoms with E-state index in [-0.39, 0.29) is 18.2 Å². The molecule has 2 rings (SSSR count). The van der Waals surface area contributed by atoms with Crippen LogP contribution in [0.15, 0.2) is 23.6 Å². The van der Waals surface area contributed by atoms with Crippen LogP contribution in [0.5, 0.6) is 0 Å². The number of alkyl halides is 1. The molecule has 1 N–H and O–H groups in total. The van der Waals surface area contributed by atoms with Crippen molar-refractivity contribution < 1.29 is 13.9 Å². The quantitative estimate of drug-likeness (QED) is 0.805. The van der Waals surface area contributed by atoms with E-state index in [1.165, 1.54) is 6.08 Å². The number of halogens is 2. The monoisotopic (exact) mass is 243 g/mol. The van der Waals surface area contributed by atoms with E-state index >= 15 is 0 Å². The Bertz CT molecular complexity index is 330. The van der Waals surface area contributed by atoms with Crippen LogP contribution < -0.4 is 0 Å². The summed E-state index contributed by atoms with van der Waals surface area (Å²) in [7, 11) is 0. The number of hydrogen-bond acceptors (Lipinski definition) is 2. The molecule has 0 bridgehead atoms. The highest BCUT2D eigenvalue weighted by Crippen LogP contribution is 2.31. The second-order valence-corrected chi connectivity index (χ2v) is 4.92. The van der Waals surface area contributed by atoms with Crippen LogP contribution in [0.2, 0.25) is 0 Å². The lowest BCUT2D eigenvalue weighted by atomic mass is 9.86. The minimum absolute atomic E-state index is 0.115. The van der Waals surface area contributed by atoms with Gasteiger partial charge in [-0.1, -0.05) is 0 Å². The molecule has 0 spiro atoms. The van der Waals surface area contributed by atoms with E-state index in [4.69, 9.17) is 0 Å². The molecule has 1 saturated heterocycles. The van der Waals surface area contributed by atoms with E-state index in [0.29, 0.717) is 0 Å². The molecule has 0 aromatic heterocycles. The minimum Gasteiger partial charge on any atom is -0.379 e. The standard InChI is InChI=1S/C13H19F2NO/c1-9(17)16-4-2-10(3-5-16)11-6-12(14)8-13(15)7-11/h6-7,9-10,12,17H,2-5,8H2,1H3. The highest BCUT2D eigenvalue weighted by molar-refractivity contribution is 5.30. The molecule has 0 aromatic carbocycles. The third kappa shape index (κ3) is 3.13. The maximum atomic E-state index is 13.2. The van der Waals surface area contributed by atoms with Gasteiger partial charge in [0.15, 0.2) is 0 Å². The Balaban J connectivity index is 1.97. The third-order valence-electron chi connectivity index (χ3n) is 3.62. The van der Waals surface area contributed by atoms with E-state index in [1.807, 2.05) is 4.90 Å². The number of nitrogens with zero attached hydrogens (tertiary/aromatic N) is 1. The molecule has 17 heavy (non-hydrogen) atoms. The maximum absolute atomic E-state index is 13.2. The van der Waals surface area contributed by atoms with Gasteiger partial charge in [0.25, 0.3) is 0 Å². The van der Waals surface area contributed by atoms with Gasteiger partial charge >= 0.3 is 0 Å². The number of allylic oxidation sites excluding steroid dienone is 4. The molecule has 1 aliphatic carbocycles. The molecule has 0 amide bonds. The normalized spacial score (nSPS) is 29.8. The fourth-order valence-corrected chi connectivity index (χ4v) is 2.60. The lowest BCUT2D eigenvalue weighted by Gasteiger charge is -2.34. The molecule has 0 radical (unpaired) electrons. The van der Waals surface area contributed by atoms with Gasteiger partial charge in [0.1, 0.15) is 18.2 Å². The molecule has 4 heteroatoms. The van der Waals surface area contributed by atoms with Crippen LogP contribution in [-0.4, -0.2) is 35.5 Å². The van der Waals surface area contributed by atoms with Gasteiger partial charge in [0, 0.05) is 19.5 Å². The van der Waals surface area contributed by atoms with Gasteiger partial charge < -0.3 is 5.11 Å². The lowest BCUT2D eigenvalue weighted by molar-refractivity contribution is -0.0000228. The molecule has 2 nitrogen and oxygen atoms in total. The first-order valence-electron chi connectivity index (χ1n) is 6.20. The van der Waals surface area contributed by atoms with E-state index < -0.39 is 12.4 Å². The first kappa shape index (κ1) is 12.7. The summed E-state index contributed by atoms with van der Waals surface area (Å²) in [5.41, 5.74) is 0.798. The summed E-state index contributed by atoms with van der Waals surface area (Å²) in [6.45, 7) is 3.32. The summed E-state index contributed by atoms with van der Waals surface area (Å²) in [5, 5.41) is 9.44. The van der Waals surface area contributed by atoms with Crippen molar-refractivity contribution in [2.75, 3.05) is 13.1 Å². The molecule has 1 aliphatic heterocycles. The Morgan fingerprint density at radius 1 is 1.41 bits per heavy atom. The van der Waals surface area contributed by atoms with E-state index in [1.54, 1.807) is 13.0 Å². The Labute approximate surface area is 101 Å². The molecule has 0 aromatic rings. The molecule has 96 valence electrons. The predicted molar refractivity (Wildman–Crippen MR) is 62.8 cm³/mol. The summed E-state index contributed by atoms with van der Waals surface area (Å²) in [4.78, 5) is 1.98. The van der Waals surface area contributed by atoms with Gasteiger partial charge in [-0.25, -0.2) is 8.78 Å². The summed E-state index contributed by atoms with van der Waals surface area (Å²) in [6, 6.07) is 0. The van der Waals surface area contributed by atoms with Gasteiger partial charge in [-0.15, -0.1) is 0 Å². The van der Waals surface area contributed by atoms with E-state index in [2.05, 4.69) is 0 Å². The van der Waals surface area contributed by atoms with E-state index in [9.17, 15) is 13.9 Å². The number of hydrogen-bond donors (Lipinski definition) is 1. The summed E-state index contributed by atoms with van der Waals surface area (Å²) < 4.78 is 26.4. The Kier molecular flexibility index (Phi) is 3.94. The van der Waals surface area contributed by atoms with E-state index in [0.717, 1.165) is 31.5 Å². The number of rotatable bonds is 2. The predicted octanol–water partition coefficient (Wildman–Crippen LogP) is 2.56. The molecule has 2 aliphatic rings. The van der Waals surface area contributed by atoms with Crippen molar-refractivity contribution in [1.29, 1.82) is 0 Å². The Hall–Kier alpha value is -0.740. The molecular weight excluding hydrogens is 224 g/mol. The topological polar surface area (TPSA) is 23.5 Å². The number of aliphatic hydroxyl groups is 1. The van der Waals surface area contributed by atoms with Crippen molar-refractivity contribution in [3.8, 4) is 0 Å². The van der Waals surface area contributed by atoms with Crippen molar-refractivity contribution in [1.82, 2.24) is 4.90 Å². The van der Waals surface area contributed by atoms with Crippen LogP contribution in [0.3, 0.4) is 0 Å². The number of piperidine rings is 1. The molecule has 2 atom stereocenters. The van der Waals surface area contributed by atoms with Crippen molar-refractivity contribution in [3.63, 3.8) is 0 Å². The summed E-state index contributed by atoms with van der Waals surface area (Å²) >= 11 is 0. The van der Waals surface area contributed by atoms with Gasteiger partial charge in [0.05, 0.1) is 0 Å². The highest BCUT2D eigenvalue weighted by atomic mass is 19.1. The molecule has 1 heterocycles. The Morgan fingerprint density at radius 2 is 2.06 bits per heavy atom. The smallest absolute Gasteiger partial charge is 0.125 e. The van der Waals surface area contributed by atoms with Crippen LogP contribution >= 0.6 is 0 Å². The van der Waals surface area contributed by atoms with Crippen LogP contribution in [0.4, 0.5) is 8.78 Å². The SMILES string of the molecule is CC(O)N1CCC(C2=CC(F)CC(F)=C2)CC1. The number of aliphatic hydroxyl groups excluding tert-OH is 1. The molecular formula is C13H19F2NO. The number of likely N-dealkylation sites (tertiary alicyclic amines) is 1. The third-order valence-corrected chi connectivity index (χ3v) is 3.62. The van der Waals surface area contributed by atoms with Crippen molar-refractivity contribution in [2.45, 2.75) is 38.6 Å². The molecule has 0 saturated carbocycles. The van der Waals surface area contributed by atoms with Gasteiger partial charge in [-0.05, 0) is 43.4 Å². The van der Waals surface area contributed by atoms with Gasteiger partial charge in [-0.2, -0.15) is 0 Å². The van der Waals surface area contributed by atoms with Crippen LogP contribution in [-0.2, 0) is 0 Å². The fraction of sp³-hybridized carbons (Fsp3) is 0.692. The first-order valence-corrected chi connectivity index (χ1v) is 6.20.